The highest BCUT2D eigenvalue weighted by atomic mass is 35.5. The van der Waals surface area contributed by atoms with Crippen molar-refractivity contribution < 1.29 is 4.79 Å². The molecule has 6 nitrogen and oxygen atoms in total. The van der Waals surface area contributed by atoms with Crippen LogP contribution in [0.15, 0.2) is 34.6 Å². The van der Waals surface area contributed by atoms with Gasteiger partial charge in [-0.2, -0.15) is 0 Å². The van der Waals surface area contributed by atoms with Crippen molar-refractivity contribution in [3.05, 3.63) is 29.5 Å². The van der Waals surface area contributed by atoms with Crippen molar-refractivity contribution in [2.24, 2.45) is 18.7 Å². The Bertz CT molecular complexity index is 776. The lowest BCUT2D eigenvalue weighted by atomic mass is 9.74. The van der Waals surface area contributed by atoms with Crippen LogP contribution in [0.5, 0.6) is 0 Å². The van der Waals surface area contributed by atoms with Crippen molar-refractivity contribution in [2.45, 2.75) is 48.2 Å². The number of nitrogens with one attached hydrogen (secondary N) is 1. The second kappa shape index (κ2) is 7.35. The standard InChI is InChI=1S/C17H22ClN5OS/c1-17(19)8-4-3-5-12(17)15(24)21-11-6-7-14(13(18)9-11)25-16-22-20-10-23(16)2/h6-7,9-10,12H,3-5,8,19H2,1-2H3,(H,21,24). The Hall–Kier alpha value is -1.57. The fourth-order valence-electron chi connectivity index (χ4n) is 3.14. The number of aryl methyl sites for hydroxylation is 1. The molecule has 1 aromatic heterocycles. The van der Waals surface area contributed by atoms with Crippen LogP contribution in [0.3, 0.4) is 0 Å². The van der Waals surface area contributed by atoms with Gasteiger partial charge in [0.05, 0.1) is 10.9 Å². The van der Waals surface area contributed by atoms with E-state index in [1.807, 2.05) is 30.7 Å². The van der Waals surface area contributed by atoms with Gasteiger partial charge in [0.25, 0.3) is 0 Å². The van der Waals surface area contributed by atoms with E-state index in [1.54, 1.807) is 12.4 Å². The maximum absolute atomic E-state index is 12.6. The number of hydrogen-bond acceptors (Lipinski definition) is 5. The van der Waals surface area contributed by atoms with E-state index in [-0.39, 0.29) is 11.8 Å². The lowest BCUT2D eigenvalue weighted by Crippen LogP contribution is -2.51. The summed E-state index contributed by atoms with van der Waals surface area (Å²) in [6, 6.07) is 5.48. The van der Waals surface area contributed by atoms with Crippen molar-refractivity contribution in [2.75, 3.05) is 5.32 Å². The SMILES string of the molecule is Cn1cnnc1Sc1ccc(NC(=O)C2CCCCC2(C)N)cc1Cl. The fourth-order valence-corrected chi connectivity index (χ4v) is 4.21. The molecule has 0 saturated heterocycles. The van der Waals surface area contributed by atoms with E-state index < -0.39 is 5.54 Å². The Kier molecular flexibility index (Phi) is 5.36. The minimum atomic E-state index is -0.451. The molecule has 0 radical (unpaired) electrons. The van der Waals surface area contributed by atoms with E-state index >= 15 is 0 Å². The second-order valence-electron chi connectivity index (χ2n) is 6.77. The number of rotatable bonds is 4. The predicted octanol–water partition coefficient (Wildman–Crippen LogP) is 3.47. The predicted molar refractivity (Wildman–Crippen MR) is 99.8 cm³/mol. The summed E-state index contributed by atoms with van der Waals surface area (Å²) < 4.78 is 1.82. The number of anilines is 1. The summed E-state index contributed by atoms with van der Waals surface area (Å²) in [6.45, 7) is 1.96. The molecule has 2 atom stereocenters. The monoisotopic (exact) mass is 379 g/mol. The molecule has 1 aliphatic rings. The highest BCUT2D eigenvalue weighted by molar-refractivity contribution is 7.99. The molecule has 1 aliphatic carbocycles. The lowest BCUT2D eigenvalue weighted by molar-refractivity contribution is -0.122. The molecule has 1 heterocycles. The summed E-state index contributed by atoms with van der Waals surface area (Å²) in [5.74, 6) is -0.206. The van der Waals surface area contributed by atoms with Gasteiger partial charge in [0.1, 0.15) is 6.33 Å². The Labute approximate surface area is 156 Å². The number of carbonyl (C=O) groups is 1. The Balaban J connectivity index is 1.70. The minimum Gasteiger partial charge on any atom is -0.326 e. The smallest absolute Gasteiger partial charge is 0.229 e. The van der Waals surface area contributed by atoms with E-state index in [2.05, 4.69) is 15.5 Å². The van der Waals surface area contributed by atoms with Gasteiger partial charge >= 0.3 is 0 Å². The van der Waals surface area contributed by atoms with Crippen LogP contribution in [-0.2, 0) is 11.8 Å². The summed E-state index contributed by atoms with van der Waals surface area (Å²) in [7, 11) is 1.87. The highest BCUT2D eigenvalue weighted by Crippen LogP contribution is 2.35. The zero-order valence-corrected chi connectivity index (χ0v) is 15.9. The largest absolute Gasteiger partial charge is 0.326 e. The van der Waals surface area contributed by atoms with E-state index in [0.29, 0.717) is 10.7 Å². The number of carbonyl (C=O) groups excluding carboxylic acids is 1. The van der Waals surface area contributed by atoms with Crippen LogP contribution in [-0.4, -0.2) is 26.2 Å². The van der Waals surface area contributed by atoms with E-state index in [1.165, 1.54) is 11.8 Å². The van der Waals surface area contributed by atoms with Crippen molar-refractivity contribution in [1.82, 2.24) is 14.8 Å². The molecule has 134 valence electrons. The van der Waals surface area contributed by atoms with Crippen molar-refractivity contribution >= 4 is 35.0 Å². The summed E-state index contributed by atoms with van der Waals surface area (Å²) in [5, 5.41) is 12.2. The van der Waals surface area contributed by atoms with Gasteiger partial charge in [-0.1, -0.05) is 24.4 Å². The first-order valence-electron chi connectivity index (χ1n) is 8.28. The molecule has 1 amide bonds. The van der Waals surface area contributed by atoms with Crippen molar-refractivity contribution in [3.8, 4) is 0 Å². The van der Waals surface area contributed by atoms with Gasteiger partial charge in [0.15, 0.2) is 5.16 Å². The van der Waals surface area contributed by atoms with Gasteiger partial charge in [-0.3, -0.25) is 4.79 Å². The zero-order valence-electron chi connectivity index (χ0n) is 14.3. The molecule has 25 heavy (non-hydrogen) atoms. The quantitative estimate of drug-likeness (QED) is 0.849. The highest BCUT2D eigenvalue weighted by Gasteiger charge is 2.37. The maximum Gasteiger partial charge on any atom is 0.229 e. The number of nitrogens with zero attached hydrogens (tertiary/aromatic N) is 3. The van der Waals surface area contributed by atoms with Gasteiger partial charge in [0.2, 0.25) is 5.91 Å². The molecule has 0 bridgehead atoms. The second-order valence-corrected chi connectivity index (χ2v) is 8.18. The zero-order chi connectivity index (χ0) is 18.0. The first-order valence-corrected chi connectivity index (χ1v) is 9.47. The van der Waals surface area contributed by atoms with Crippen molar-refractivity contribution in [1.29, 1.82) is 0 Å². The molecule has 3 N–H and O–H groups in total. The first kappa shape index (κ1) is 18.2. The Morgan fingerprint density at radius 2 is 2.28 bits per heavy atom. The van der Waals surface area contributed by atoms with E-state index in [9.17, 15) is 4.79 Å². The summed E-state index contributed by atoms with van der Waals surface area (Å²) >= 11 is 7.80. The van der Waals surface area contributed by atoms with Gasteiger partial charge in [0, 0.05) is 23.2 Å². The Morgan fingerprint density at radius 1 is 1.48 bits per heavy atom. The summed E-state index contributed by atoms with van der Waals surface area (Å²) in [4.78, 5) is 13.5. The Morgan fingerprint density at radius 3 is 2.92 bits per heavy atom. The van der Waals surface area contributed by atoms with Gasteiger partial charge < -0.3 is 15.6 Å². The van der Waals surface area contributed by atoms with Gasteiger partial charge in [-0.15, -0.1) is 10.2 Å². The average Bonchev–Trinajstić information content (AvgIpc) is 2.94. The molecule has 0 spiro atoms. The molecule has 2 unspecified atom stereocenters. The van der Waals surface area contributed by atoms with Crippen LogP contribution in [0.2, 0.25) is 5.02 Å². The topological polar surface area (TPSA) is 85.8 Å². The average molecular weight is 380 g/mol. The van der Waals surface area contributed by atoms with Crippen LogP contribution >= 0.6 is 23.4 Å². The summed E-state index contributed by atoms with van der Waals surface area (Å²) in [6.07, 6.45) is 5.46. The third-order valence-corrected chi connectivity index (χ3v) is 6.19. The molecule has 1 saturated carbocycles. The van der Waals surface area contributed by atoms with E-state index in [0.717, 1.165) is 35.7 Å². The number of amides is 1. The summed E-state index contributed by atoms with van der Waals surface area (Å²) in [5.41, 5.74) is 6.54. The van der Waals surface area contributed by atoms with Crippen LogP contribution in [0.1, 0.15) is 32.6 Å². The number of nitrogens with two attached hydrogens (primary N) is 1. The van der Waals surface area contributed by atoms with Crippen LogP contribution in [0.25, 0.3) is 0 Å². The lowest BCUT2D eigenvalue weighted by Gasteiger charge is -2.37. The minimum absolute atomic E-state index is 0.0329. The van der Waals surface area contributed by atoms with Crippen LogP contribution < -0.4 is 11.1 Å². The van der Waals surface area contributed by atoms with Gasteiger partial charge in [-0.25, -0.2) is 0 Å². The molecular weight excluding hydrogens is 358 g/mol. The first-order chi connectivity index (χ1) is 11.9. The fraction of sp³-hybridized carbons (Fsp3) is 0.471. The third kappa shape index (κ3) is 4.16. The normalized spacial score (nSPS) is 23.4. The third-order valence-electron chi connectivity index (χ3n) is 4.64. The molecule has 0 aliphatic heterocycles. The molecule has 8 heteroatoms. The molecule has 3 rings (SSSR count). The molecule has 1 fully saturated rings. The van der Waals surface area contributed by atoms with Crippen LogP contribution in [0.4, 0.5) is 5.69 Å². The number of halogens is 1. The number of benzene rings is 1. The van der Waals surface area contributed by atoms with Crippen molar-refractivity contribution in [3.63, 3.8) is 0 Å². The molecule has 2 aromatic rings. The van der Waals surface area contributed by atoms with Gasteiger partial charge in [-0.05, 0) is 49.7 Å². The number of aromatic nitrogens is 3. The number of hydrogen-bond donors (Lipinski definition) is 2. The van der Waals surface area contributed by atoms with Crippen LogP contribution in [0, 0.1) is 5.92 Å². The van der Waals surface area contributed by atoms with E-state index in [4.69, 9.17) is 17.3 Å². The molecule has 1 aromatic carbocycles. The maximum atomic E-state index is 12.6. The molecular formula is C17H22ClN5OS.